The van der Waals surface area contributed by atoms with Crippen LogP contribution < -0.4 is 26.0 Å². The Morgan fingerprint density at radius 2 is 2.14 bits per heavy atom. The number of carbonyl (C=O) groups is 1. The largest absolute Gasteiger partial charge is 0.438 e. The Balaban J connectivity index is 1.37. The Bertz CT molecular complexity index is 1210. The molecule has 4 N–H and O–H groups in total. The third kappa shape index (κ3) is 6.72. The van der Waals surface area contributed by atoms with Crippen LogP contribution in [-0.4, -0.2) is 50.1 Å². The monoisotopic (exact) mass is 498 g/mol. The summed E-state index contributed by atoms with van der Waals surface area (Å²) in [7, 11) is 0. The van der Waals surface area contributed by atoms with Gasteiger partial charge in [0.1, 0.15) is 12.1 Å². The van der Waals surface area contributed by atoms with Gasteiger partial charge < -0.3 is 26.0 Å². The zero-order chi connectivity index (χ0) is 25.5. The molecular weight excluding hydrogens is 473 g/mol. The third-order valence-corrected chi connectivity index (χ3v) is 5.33. The fraction of sp³-hybridized carbons (Fsp3) is 0.240. The van der Waals surface area contributed by atoms with Gasteiger partial charge in [0.05, 0.1) is 12.1 Å². The van der Waals surface area contributed by atoms with Crippen LogP contribution in [0.2, 0.25) is 0 Å². The number of anilines is 1. The van der Waals surface area contributed by atoms with Crippen molar-refractivity contribution in [1.29, 1.82) is 0 Å². The van der Waals surface area contributed by atoms with Crippen molar-refractivity contribution in [2.45, 2.75) is 18.8 Å². The number of hydrogen-bond acceptors (Lipinski definition) is 7. The number of aliphatic imine (C=N–C) groups is 2. The molecule has 4 rings (SSSR count). The molecule has 36 heavy (non-hydrogen) atoms. The zero-order valence-corrected chi connectivity index (χ0v) is 19.2. The molecule has 1 atom stereocenters. The van der Waals surface area contributed by atoms with Crippen molar-refractivity contribution in [3.05, 3.63) is 83.8 Å². The molecule has 0 bridgehead atoms. The normalized spacial score (nSPS) is 20.5. The molecule has 1 amide bonds. The number of fused-ring (bicyclic) bond motifs is 1. The van der Waals surface area contributed by atoms with Crippen LogP contribution in [0.3, 0.4) is 0 Å². The first-order valence-electron chi connectivity index (χ1n) is 11.2. The molecule has 1 unspecified atom stereocenters. The highest BCUT2D eigenvalue weighted by atomic mass is 19.4. The number of benzene rings is 1. The quantitative estimate of drug-likeness (QED) is 0.326. The van der Waals surface area contributed by atoms with Gasteiger partial charge in [-0.05, 0) is 42.4 Å². The zero-order valence-electron chi connectivity index (χ0n) is 19.2. The van der Waals surface area contributed by atoms with E-state index in [1.807, 2.05) is 24.3 Å². The lowest BCUT2D eigenvalue weighted by atomic mass is 10.0. The van der Waals surface area contributed by atoms with Crippen molar-refractivity contribution in [1.82, 2.24) is 16.0 Å². The van der Waals surface area contributed by atoms with Gasteiger partial charge >= 0.3 is 6.18 Å². The van der Waals surface area contributed by atoms with Gasteiger partial charge in [-0.15, -0.1) is 0 Å². The number of nitrogens with one attached hydrogen (secondary N) is 4. The summed E-state index contributed by atoms with van der Waals surface area (Å²) >= 11 is 0. The average molecular weight is 499 g/mol. The SMILES string of the molecule is C=CC(=O)Nc1cccc(OC2=NC=NC3NC(=C4C=CC(NCCNCC(F)(F)F)=CC4)C=C23)c1. The number of hydrogen-bond donors (Lipinski definition) is 4. The van der Waals surface area contributed by atoms with Gasteiger partial charge in [-0.1, -0.05) is 24.8 Å². The first-order chi connectivity index (χ1) is 17.3. The van der Waals surface area contributed by atoms with Gasteiger partial charge in [-0.2, -0.15) is 13.2 Å². The number of ether oxygens (including phenoxy) is 1. The maximum Gasteiger partial charge on any atom is 0.401 e. The van der Waals surface area contributed by atoms with E-state index in [9.17, 15) is 18.0 Å². The van der Waals surface area contributed by atoms with Crippen LogP contribution in [0, 0.1) is 0 Å². The summed E-state index contributed by atoms with van der Waals surface area (Å²) in [6, 6.07) is 6.95. The predicted octanol–water partition coefficient (Wildman–Crippen LogP) is 3.33. The molecule has 0 saturated heterocycles. The van der Waals surface area contributed by atoms with Gasteiger partial charge in [0.25, 0.3) is 0 Å². The molecule has 3 aliphatic rings. The van der Waals surface area contributed by atoms with Crippen LogP contribution in [0.15, 0.2) is 93.7 Å². The first kappa shape index (κ1) is 25.0. The predicted molar refractivity (Wildman–Crippen MR) is 133 cm³/mol. The van der Waals surface area contributed by atoms with Crippen molar-refractivity contribution < 1.29 is 22.7 Å². The number of carbonyl (C=O) groups excluding carboxylic acids is 1. The second-order valence-corrected chi connectivity index (χ2v) is 8.02. The van der Waals surface area contributed by atoms with Crippen molar-refractivity contribution in [3.8, 4) is 5.75 Å². The van der Waals surface area contributed by atoms with E-state index in [2.05, 4.69) is 37.8 Å². The molecular formula is C25H25F3N6O2. The minimum atomic E-state index is -4.21. The van der Waals surface area contributed by atoms with E-state index < -0.39 is 12.7 Å². The topological polar surface area (TPSA) is 99.1 Å². The maximum atomic E-state index is 12.2. The molecule has 188 valence electrons. The molecule has 1 aliphatic carbocycles. The summed E-state index contributed by atoms with van der Waals surface area (Å²) < 4.78 is 42.5. The van der Waals surface area contributed by atoms with Crippen LogP contribution in [0.4, 0.5) is 18.9 Å². The lowest BCUT2D eigenvalue weighted by molar-refractivity contribution is -0.124. The summed E-state index contributed by atoms with van der Waals surface area (Å²) in [6.07, 6.45) is 6.47. The summed E-state index contributed by atoms with van der Waals surface area (Å²) in [5.74, 6) is 0.585. The highest BCUT2D eigenvalue weighted by Crippen LogP contribution is 2.28. The first-order valence-corrected chi connectivity index (χ1v) is 11.2. The Kier molecular flexibility index (Phi) is 7.69. The van der Waals surface area contributed by atoms with Crippen LogP contribution in [0.5, 0.6) is 5.75 Å². The smallest absolute Gasteiger partial charge is 0.401 e. The molecule has 0 aromatic heterocycles. The Hall–Kier alpha value is -4.12. The summed E-state index contributed by atoms with van der Waals surface area (Å²) in [5.41, 5.74) is 4.11. The second-order valence-electron chi connectivity index (χ2n) is 8.02. The van der Waals surface area contributed by atoms with Crippen LogP contribution in [-0.2, 0) is 4.79 Å². The van der Waals surface area contributed by atoms with E-state index in [-0.39, 0.29) is 18.6 Å². The van der Waals surface area contributed by atoms with Crippen LogP contribution in [0.25, 0.3) is 0 Å². The summed E-state index contributed by atoms with van der Waals surface area (Å²) in [4.78, 5) is 20.2. The number of rotatable bonds is 8. The standard InChI is InChI=1S/C25H25F3N6O2/c1-2-22(35)33-18-4-3-5-19(12-18)36-24-20-13-21(34-23(20)31-15-32-24)16-6-8-17(9-7-16)30-11-10-29-14-25(26,27)28/h2-6,8-9,12-13,15,23,29-30,34H,1,7,10-11,14H2,(H,33,35). The van der Waals surface area contributed by atoms with E-state index in [1.165, 1.54) is 12.4 Å². The molecule has 2 aliphatic heterocycles. The number of amides is 1. The Morgan fingerprint density at radius 3 is 2.89 bits per heavy atom. The molecule has 0 fully saturated rings. The van der Waals surface area contributed by atoms with Crippen molar-refractivity contribution >= 4 is 23.8 Å². The maximum absolute atomic E-state index is 12.2. The Morgan fingerprint density at radius 1 is 1.28 bits per heavy atom. The van der Waals surface area contributed by atoms with Gasteiger partial charge in [0.15, 0.2) is 6.17 Å². The second kappa shape index (κ2) is 11.1. The number of allylic oxidation sites excluding steroid dienone is 5. The molecule has 2 heterocycles. The number of alkyl halides is 3. The Labute approximate surface area is 206 Å². The highest BCUT2D eigenvalue weighted by Gasteiger charge is 2.30. The van der Waals surface area contributed by atoms with Crippen molar-refractivity contribution in [2.24, 2.45) is 9.98 Å². The van der Waals surface area contributed by atoms with E-state index >= 15 is 0 Å². The minimum absolute atomic E-state index is 0.206. The number of halogens is 3. The van der Waals surface area contributed by atoms with Crippen LogP contribution in [0.1, 0.15) is 6.42 Å². The van der Waals surface area contributed by atoms with Gasteiger partial charge in [0, 0.05) is 36.2 Å². The molecule has 0 spiro atoms. The van der Waals surface area contributed by atoms with E-state index in [4.69, 9.17) is 4.74 Å². The minimum Gasteiger partial charge on any atom is -0.438 e. The third-order valence-electron chi connectivity index (χ3n) is 5.33. The van der Waals surface area contributed by atoms with E-state index in [1.54, 1.807) is 24.3 Å². The molecule has 0 radical (unpaired) electrons. The molecule has 8 nitrogen and oxygen atoms in total. The number of nitrogens with zero attached hydrogens (tertiary/aromatic N) is 2. The van der Waals surface area contributed by atoms with Crippen LogP contribution >= 0.6 is 0 Å². The lowest BCUT2D eigenvalue weighted by Crippen LogP contribution is -2.34. The van der Waals surface area contributed by atoms with Crippen molar-refractivity contribution in [3.63, 3.8) is 0 Å². The molecule has 11 heteroatoms. The fourth-order valence-electron chi connectivity index (χ4n) is 3.64. The van der Waals surface area contributed by atoms with Gasteiger partial charge in [0.2, 0.25) is 11.8 Å². The highest BCUT2D eigenvalue weighted by molar-refractivity contribution is 6.03. The average Bonchev–Trinajstić information content (AvgIpc) is 3.29. The molecule has 1 aromatic carbocycles. The fourth-order valence-corrected chi connectivity index (χ4v) is 3.64. The summed E-state index contributed by atoms with van der Waals surface area (Å²) in [5, 5.41) is 11.5. The van der Waals surface area contributed by atoms with Crippen molar-refractivity contribution in [2.75, 3.05) is 25.0 Å². The van der Waals surface area contributed by atoms with E-state index in [0.717, 1.165) is 22.5 Å². The van der Waals surface area contributed by atoms with Gasteiger partial charge in [-0.25, -0.2) is 9.98 Å². The molecule has 0 saturated carbocycles. The lowest BCUT2D eigenvalue weighted by Gasteiger charge is -2.18. The summed E-state index contributed by atoms with van der Waals surface area (Å²) in [6.45, 7) is 3.03. The van der Waals surface area contributed by atoms with Gasteiger partial charge in [-0.3, -0.25) is 4.79 Å². The van der Waals surface area contributed by atoms with E-state index in [0.29, 0.717) is 30.3 Å². The molecule has 1 aromatic rings.